The van der Waals surface area contributed by atoms with Crippen molar-refractivity contribution in [2.75, 3.05) is 5.32 Å². The van der Waals surface area contributed by atoms with Crippen molar-refractivity contribution in [3.63, 3.8) is 0 Å². The lowest BCUT2D eigenvalue weighted by molar-refractivity contribution is -0.116. The number of hydrogen-bond acceptors (Lipinski definition) is 2. The molecule has 0 aliphatic heterocycles. The van der Waals surface area contributed by atoms with Crippen molar-refractivity contribution in [3.8, 4) is 0 Å². The molecule has 0 aliphatic rings. The smallest absolute Gasteiger partial charge is 0.225 e. The first-order chi connectivity index (χ1) is 9.67. The van der Waals surface area contributed by atoms with Crippen LogP contribution in [0, 0.1) is 6.92 Å². The highest BCUT2D eigenvalue weighted by molar-refractivity contribution is 5.89. The zero-order chi connectivity index (χ0) is 14.4. The molecule has 0 fully saturated rings. The molecule has 20 heavy (non-hydrogen) atoms. The van der Waals surface area contributed by atoms with Gasteiger partial charge in [-0.3, -0.25) is 4.79 Å². The van der Waals surface area contributed by atoms with Crippen LogP contribution < -0.4 is 5.32 Å². The SMILES string of the molecule is CCc1ccc(CCC(=O)Nc2ccc(C)cn2)cc1. The minimum absolute atomic E-state index is 0.000853. The molecule has 0 spiro atoms. The summed E-state index contributed by atoms with van der Waals surface area (Å²) in [4.78, 5) is 16.0. The fraction of sp³-hybridized carbons (Fsp3) is 0.294. The van der Waals surface area contributed by atoms with E-state index in [-0.39, 0.29) is 5.91 Å². The molecule has 3 heteroatoms. The maximum Gasteiger partial charge on any atom is 0.225 e. The third-order valence-corrected chi connectivity index (χ3v) is 3.25. The Morgan fingerprint density at radius 2 is 1.80 bits per heavy atom. The van der Waals surface area contributed by atoms with Gasteiger partial charge in [0.1, 0.15) is 5.82 Å². The largest absolute Gasteiger partial charge is 0.311 e. The van der Waals surface area contributed by atoms with Crippen LogP contribution in [0.5, 0.6) is 0 Å². The molecule has 1 N–H and O–H groups in total. The second-order valence-corrected chi connectivity index (χ2v) is 4.94. The summed E-state index contributed by atoms with van der Waals surface area (Å²) in [5, 5.41) is 2.81. The van der Waals surface area contributed by atoms with Crippen LogP contribution in [0.3, 0.4) is 0 Å². The van der Waals surface area contributed by atoms with Crippen LogP contribution >= 0.6 is 0 Å². The third-order valence-electron chi connectivity index (χ3n) is 3.25. The van der Waals surface area contributed by atoms with Gasteiger partial charge in [0, 0.05) is 12.6 Å². The number of nitrogens with zero attached hydrogens (tertiary/aromatic N) is 1. The van der Waals surface area contributed by atoms with E-state index < -0.39 is 0 Å². The third kappa shape index (κ3) is 4.19. The second kappa shape index (κ2) is 6.85. The summed E-state index contributed by atoms with van der Waals surface area (Å²) in [6.07, 6.45) is 4.02. The van der Waals surface area contributed by atoms with Crippen LogP contribution in [0.15, 0.2) is 42.6 Å². The van der Waals surface area contributed by atoms with Gasteiger partial charge >= 0.3 is 0 Å². The predicted molar refractivity (Wildman–Crippen MR) is 81.7 cm³/mol. The Labute approximate surface area is 120 Å². The molecule has 1 aromatic carbocycles. The van der Waals surface area contributed by atoms with Crippen LogP contribution in [0.25, 0.3) is 0 Å². The van der Waals surface area contributed by atoms with E-state index in [1.54, 1.807) is 6.20 Å². The number of amides is 1. The van der Waals surface area contributed by atoms with Gasteiger partial charge in [-0.25, -0.2) is 4.98 Å². The number of benzene rings is 1. The molecule has 104 valence electrons. The van der Waals surface area contributed by atoms with Gasteiger partial charge in [0.25, 0.3) is 0 Å². The quantitative estimate of drug-likeness (QED) is 0.901. The molecule has 1 aromatic heterocycles. The van der Waals surface area contributed by atoms with Crippen LogP contribution in [0.2, 0.25) is 0 Å². The molecule has 1 amide bonds. The van der Waals surface area contributed by atoms with E-state index in [2.05, 4.69) is 41.5 Å². The minimum atomic E-state index is 0.000853. The van der Waals surface area contributed by atoms with Gasteiger partial charge in [0.2, 0.25) is 5.91 Å². The van der Waals surface area contributed by atoms with Gasteiger partial charge in [-0.2, -0.15) is 0 Å². The topological polar surface area (TPSA) is 42.0 Å². The lowest BCUT2D eigenvalue weighted by atomic mass is 10.1. The Balaban J connectivity index is 1.83. The van der Waals surface area contributed by atoms with Crippen molar-refractivity contribution < 1.29 is 4.79 Å². The zero-order valence-electron chi connectivity index (χ0n) is 12.0. The number of pyridine rings is 1. The molecule has 1 heterocycles. The Morgan fingerprint density at radius 1 is 1.10 bits per heavy atom. The van der Waals surface area contributed by atoms with E-state index >= 15 is 0 Å². The minimum Gasteiger partial charge on any atom is -0.311 e. The number of carbonyl (C=O) groups excluding carboxylic acids is 1. The molecule has 0 saturated carbocycles. The molecule has 2 aromatic rings. The van der Waals surface area contributed by atoms with Gasteiger partial charge in [-0.1, -0.05) is 37.3 Å². The highest BCUT2D eigenvalue weighted by Crippen LogP contribution is 2.09. The summed E-state index contributed by atoms with van der Waals surface area (Å²) in [5.41, 5.74) is 3.59. The van der Waals surface area contributed by atoms with Crippen molar-refractivity contribution in [2.24, 2.45) is 0 Å². The number of rotatable bonds is 5. The fourth-order valence-electron chi connectivity index (χ4n) is 1.95. The molecule has 0 atom stereocenters. The first kappa shape index (κ1) is 14.3. The van der Waals surface area contributed by atoms with E-state index in [1.165, 1.54) is 11.1 Å². The van der Waals surface area contributed by atoms with Gasteiger partial charge in [0.05, 0.1) is 0 Å². The van der Waals surface area contributed by atoms with Gasteiger partial charge < -0.3 is 5.32 Å². The van der Waals surface area contributed by atoms with E-state index in [4.69, 9.17) is 0 Å². The maximum atomic E-state index is 11.8. The van der Waals surface area contributed by atoms with Crippen LogP contribution in [0.1, 0.15) is 30.0 Å². The average Bonchev–Trinajstić information content (AvgIpc) is 2.48. The zero-order valence-corrected chi connectivity index (χ0v) is 12.0. The molecule has 0 aliphatic carbocycles. The van der Waals surface area contributed by atoms with E-state index in [9.17, 15) is 4.79 Å². The summed E-state index contributed by atoms with van der Waals surface area (Å²) in [5.74, 6) is 0.614. The predicted octanol–water partition coefficient (Wildman–Crippen LogP) is 3.52. The second-order valence-electron chi connectivity index (χ2n) is 4.94. The summed E-state index contributed by atoms with van der Waals surface area (Å²) in [6, 6.07) is 12.2. The molecule has 2 rings (SSSR count). The summed E-state index contributed by atoms with van der Waals surface area (Å²) in [6.45, 7) is 4.11. The Morgan fingerprint density at radius 3 is 2.40 bits per heavy atom. The van der Waals surface area contributed by atoms with Crippen molar-refractivity contribution in [2.45, 2.75) is 33.1 Å². The number of anilines is 1. The van der Waals surface area contributed by atoms with Crippen LogP contribution in [-0.4, -0.2) is 10.9 Å². The van der Waals surface area contributed by atoms with Crippen molar-refractivity contribution in [1.82, 2.24) is 4.98 Å². The number of aromatic nitrogens is 1. The molecule has 0 saturated heterocycles. The molecular formula is C17H20N2O. The lowest BCUT2D eigenvalue weighted by Crippen LogP contribution is -2.13. The highest BCUT2D eigenvalue weighted by atomic mass is 16.1. The Hall–Kier alpha value is -2.16. The first-order valence-corrected chi connectivity index (χ1v) is 6.97. The lowest BCUT2D eigenvalue weighted by Gasteiger charge is -2.05. The Kier molecular flexibility index (Phi) is 4.88. The number of carbonyl (C=O) groups is 1. The number of nitrogens with one attached hydrogen (secondary N) is 1. The van der Waals surface area contributed by atoms with Gasteiger partial charge in [-0.15, -0.1) is 0 Å². The Bertz CT molecular complexity index is 559. The van der Waals surface area contributed by atoms with Crippen molar-refractivity contribution >= 4 is 11.7 Å². The molecule has 3 nitrogen and oxygen atoms in total. The highest BCUT2D eigenvalue weighted by Gasteiger charge is 2.04. The van der Waals surface area contributed by atoms with Crippen molar-refractivity contribution in [3.05, 3.63) is 59.3 Å². The molecular weight excluding hydrogens is 248 g/mol. The summed E-state index contributed by atoms with van der Waals surface area (Å²) < 4.78 is 0. The van der Waals surface area contributed by atoms with Crippen molar-refractivity contribution in [1.29, 1.82) is 0 Å². The first-order valence-electron chi connectivity index (χ1n) is 6.97. The summed E-state index contributed by atoms with van der Waals surface area (Å²) in [7, 11) is 0. The van der Waals surface area contributed by atoms with Gasteiger partial charge in [-0.05, 0) is 42.5 Å². The monoisotopic (exact) mass is 268 g/mol. The standard InChI is InChI=1S/C17H20N2O/c1-3-14-5-7-15(8-6-14)9-11-17(20)19-16-10-4-13(2)12-18-16/h4-8,10,12H,3,9,11H2,1-2H3,(H,18,19,20). The van der Waals surface area contributed by atoms with Crippen LogP contribution in [0.4, 0.5) is 5.82 Å². The summed E-state index contributed by atoms with van der Waals surface area (Å²) >= 11 is 0. The van der Waals surface area contributed by atoms with E-state index in [0.29, 0.717) is 12.2 Å². The van der Waals surface area contributed by atoms with E-state index in [0.717, 1.165) is 18.4 Å². The molecule has 0 radical (unpaired) electrons. The number of hydrogen-bond donors (Lipinski definition) is 1. The normalized spacial score (nSPS) is 10.3. The van der Waals surface area contributed by atoms with E-state index in [1.807, 2.05) is 19.1 Å². The fourth-order valence-corrected chi connectivity index (χ4v) is 1.95. The average molecular weight is 268 g/mol. The van der Waals surface area contributed by atoms with Gasteiger partial charge in [0.15, 0.2) is 0 Å². The molecule has 0 unspecified atom stereocenters. The molecule has 0 bridgehead atoms. The van der Waals surface area contributed by atoms with Crippen LogP contribution in [-0.2, 0) is 17.6 Å². The maximum absolute atomic E-state index is 11.8. The number of aryl methyl sites for hydroxylation is 3.